The van der Waals surface area contributed by atoms with Crippen LogP contribution in [0.25, 0.3) is 10.8 Å². The predicted octanol–water partition coefficient (Wildman–Crippen LogP) is 3.15. The molecule has 2 amide bonds. The van der Waals surface area contributed by atoms with E-state index in [1.807, 2.05) is 42.5 Å². The summed E-state index contributed by atoms with van der Waals surface area (Å²) in [4.78, 5) is 27.3. The fourth-order valence-corrected chi connectivity index (χ4v) is 4.54. The van der Waals surface area contributed by atoms with Gasteiger partial charge in [0.1, 0.15) is 0 Å². The van der Waals surface area contributed by atoms with E-state index < -0.39 is 0 Å². The Balaban J connectivity index is 1.67. The minimum Gasteiger partial charge on any atom is -0.274 e. The zero-order valence-corrected chi connectivity index (χ0v) is 12.0. The number of carbonyl (C=O) groups is 2. The first-order chi connectivity index (χ1) is 10.8. The molecule has 3 nitrogen and oxygen atoms in total. The summed E-state index contributed by atoms with van der Waals surface area (Å²) in [5, 5.41) is 2.02. The summed E-state index contributed by atoms with van der Waals surface area (Å²) in [5.74, 6) is 0.215. The van der Waals surface area contributed by atoms with E-state index in [0.29, 0.717) is 0 Å². The van der Waals surface area contributed by atoms with E-state index >= 15 is 0 Å². The van der Waals surface area contributed by atoms with Gasteiger partial charge in [0, 0.05) is 5.39 Å². The van der Waals surface area contributed by atoms with Crippen LogP contribution in [0.1, 0.15) is 6.42 Å². The van der Waals surface area contributed by atoms with Gasteiger partial charge in [0.05, 0.1) is 17.5 Å². The van der Waals surface area contributed by atoms with Crippen LogP contribution in [-0.2, 0) is 9.59 Å². The summed E-state index contributed by atoms with van der Waals surface area (Å²) in [6.07, 6.45) is 5.23. The van der Waals surface area contributed by atoms with Crippen LogP contribution in [0.15, 0.2) is 54.6 Å². The lowest BCUT2D eigenvalue weighted by molar-refractivity contribution is -0.123. The lowest BCUT2D eigenvalue weighted by atomic mass is 9.85. The second-order valence-electron chi connectivity index (χ2n) is 6.51. The fraction of sp³-hybridized carbons (Fsp3) is 0.263. The van der Waals surface area contributed by atoms with Crippen LogP contribution >= 0.6 is 0 Å². The quantitative estimate of drug-likeness (QED) is 0.597. The highest BCUT2D eigenvalue weighted by Crippen LogP contribution is 2.53. The van der Waals surface area contributed by atoms with Crippen molar-refractivity contribution in [2.24, 2.45) is 23.7 Å². The summed E-state index contributed by atoms with van der Waals surface area (Å²) in [6.45, 7) is 0. The molecule has 2 aliphatic carbocycles. The number of benzene rings is 2. The first-order valence-corrected chi connectivity index (χ1v) is 7.79. The van der Waals surface area contributed by atoms with E-state index in [9.17, 15) is 9.59 Å². The van der Waals surface area contributed by atoms with Crippen molar-refractivity contribution in [3.8, 4) is 0 Å². The Morgan fingerprint density at radius 1 is 0.818 bits per heavy atom. The molecule has 3 heteroatoms. The Hall–Kier alpha value is -2.42. The summed E-state index contributed by atoms with van der Waals surface area (Å²) in [7, 11) is 0. The van der Waals surface area contributed by atoms with Crippen molar-refractivity contribution in [3.05, 3.63) is 54.6 Å². The van der Waals surface area contributed by atoms with Gasteiger partial charge in [0.15, 0.2) is 0 Å². The number of allylic oxidation sites excluding steroid dienone is 2. The van der Waals surface area contributed by atoms with Crippen LogP contribution in [0, 0.1) is 23.7 Å². The van der Waals surface area contributed by atoms with Gasteiger partial charge in [-0.1, -0.05) is 48.6 Å². The standard InChI is InChI=1S/C19H15NO2/c21-18-16-12-8-9-13(10-12)17(16)19(22)20(18)15-7-3-5-11-4-1-2-6-14(11)15/h1-9,12-13,16-17H,10H2/t12?,13?,16-,17+. The molecular weight excluding hydrogens is 274 g/mol. The van der Waals surface area contributed by atoms with Gasteiger partial charge in [-0.15, -0.1) is 0 Å². The zero-order chi connectivity index (χ0) is 14.8. The Labute approximate surface area is 128 Å². The van der Waals surface area contributed by atoms with Crippen molar-refractivity contribution in [1.82, 2.24) is 0 Å². The first kappa shape index (κ1) is 12.2. The minimum atomic E-state index is -0.138. The average molecular weight is 289 g/mol. The van der Waals surface area contributed by atoms with Gasteiger partial charge in [0.2, 0.25) is 11.8 Å². The van der Waals surface area contributed by atoms with E-state index in [4.69, 9.17) is 0 Å². The van der Waals surface area contributed by atoms with Crippen molar-refractivity contribution in [2.45, 2.75) is 6.42 Å². The van der Waals surface area contributed by atoms with Gasteiger partial charge in [-0.25, -0.2) is 4.90 Å². The third-order valence-electron chi connectivity index (χ3n) is 5.48. The number of imide groups is 1. The number of fused-ring (bicyclic) bond motifs is 6. The highest BCUT2D eigenvalue weighted by atomic mass is 16.2. The highest BCUT2D eigenvalue weighted by molar-refractivity contribution is 6.25. The molecule has 2 aromatic carbocycles. The number of carbonyl (C=O) groups excluding carboxylic acids is 2. The highest BCUT2D eigenvalue weighted by Gasteiger charge is 2.59. The van der Waals surface area contributed by atoms with E-state index in [2.05, 4.69) is 12.2 Å². The number of amides is 2. The van der Waals surface area contributed by atoms with Crippen LogP contribution in [0.5, 0.6) is 0 Å². The minimum absolute atomic E-state index is 0.0109. The number of hydrogen-bond donors (Lipinski definition) is 0. The van der Waals surface area contributed by atoms with E-state index in [1.54, 1.807) is 0 Å². The summed E-state index contributed by atoms with van der Waals surface area (Å²) in [5.41, 5.74) is 0.738. The van der Waals surface area contributed by atoms with Crippen molar-refractivity contribution in [1.29, 1.82) is 0 Å². The van der Waals surface area contributed by atoms with E-state index in [-0.39, 0.29) is 35.5 Å². The largest absolute Gasteiger partial charge is 0.274 e. The normalized spacial score (nSPS) is 32.3. The molecule has 22 heavy (non-hydrogen) atoms. The van der Waals surface area contributed by atoms with Crippen LogP contribution < -0.4 is 4.90 Å². The van der Waals surface area contributed by atoms with E-state index in [0.717, 1.165) is 22.9 Å². The van der Waals surface area contributed by atoms with Gasteiger partial charge in [0.25, 0.3) is 0 Å². The van der Waals surface area contributed by atoms with Crippen LogP contribution in [-0.4, -0.2) is 11.8 Å². The maximum Gasteiger partial charge on any atom is 0.238 e. The molecule has 0 aromatic heterocycles. The SMILES string of the molecule is O=C1[C@@H]2C3C=CC(C3)[C@@H]2C(=O)N1c1cccc2ccccc12. The van der Waals surface area contributed by atoms with Gasteiger partial charge in [-0.05, 0) is 29.7 Å². The van der Waals surface area contributed by atoms with Crippen molar-refractivity contribution in [3.63, 3.8) is 0 Å². The van der Waals surface area contributed by atoms with Crippen molar-refractivity contribution in [2.75, 3.05) is 4.90 Å². The van der Waals surface area contributed by atoms with Gasteiger partial charge < -0.3 is 0 Å². The Bertz CT molecular complexity index is 818. The lowest BCUT2D eigenvalue weighted by Crippen LogP contribution is -2.33. The molecule has 1 heterocycles. The Morgan fingerprint density at radius 3 is 2.18 bits per heavy atom. The monoisotopic (exact) mass is 289 g/mol. The zero-order valence-electron chi connectivity index (χ0n) is 12.0. The number of anilines is 1. The third kappa shape index (κ3) is 1.36. The molecule has 0 N–H and O–H groups in total. The molecule has 1 saturated carbocycles. The smallest absolute Gasteiger partial charge is 0.238 e. The number of nitrogens with zero attached hydrogens (tertiary/aromatic N) is 1. The molecule has 108 valence electrons. The molecule has 2 unspecified atom stereocenters. The molecule has 0 spiro atoms. The Morgan fingerprint density at radius 2 is 1.45 bits per heavy atom. The second kappa shape index (κ2) is 4.07. The lowest BCUT2D eigenvalue weighted by Gasteiger charge is -2.19. The summed E-state index contributed by atoms with van der Waals surface area (Å²) < 4.78 is 0. The van der Waals surface area contributed by atoms with Crippen molar-refractivity contribution < 1.29 is 9.59 Å². The van der Waals surface area contributed by atoms with Gasteiger partial charge in [-0.3, -0.25) is 9.59 Å². The maximum absolute atomic E-state index is 12.9. The van der Waals surface area contributed by atoms with Gasteiger partial charge in [-0.2, -0.15) is 0 Å². The molecule has 1 saturated heterocycles. The molecular formula is C19H15NO2. The molecule has 2 aromatic rings. The first-order valence-electron chi connectivity index (χ1n) is 7.79. The molecule has 3 aliphatic rings. The third-order valence-corrected chi connectivity index (χ3v) is 5.48. The second-order valence-corrected chi connectivity index (χ2v) is 6.51. The molecule has 0 radical (unpaired) electrons. The number of rotatable bonds is 1. The van der Waals surface area contributed by atoms with Crippen LogP contribution in [0.4, 0.5) is 5.69 Å². The average Bonchev–Trinajstić information content (AvgIpc) is 3.21. The van der Waals surface area contributed by atoms with E-state index in [1.165, 1.54) is 4.90 Å². The maximum atomic E-state index is 12.9. The van der Waals surface area contributed by atoms with Crippen LogP contribution in [0.2, 0.25) is 0 Å². The molecule has 2 bridgehead atoms. The molecule has 5 rings (SSSR count). The van der Waals surface area contributed by atoms with Gasteiger partial charge >= 0.3 is 0 Å². The molecule has 2 fully saturated rings. The molecule has 1 aliphatic heterocycles. The fourth-order valence-electron chi connectivity index (χ4n) is 4.54. The Kier molecular flexibility index (Phi) is 2.25. The topological polar surface area (TPSA) is 37.4 Å². The summed E-state index contributed by atoms with van der Waals surface area (Å²) in [6, 6.07) is 13.7. The molecule has 4 atom stereocenters. The predicted molar refractivity (Wildman–Crippen MR) is 84.2 cm³/mol. The summed E-state index contributed by atoms with van der Waals surface area (Å²) >= 11 is 0. The van der Waals surface area contributed by atoms with Crippen LogP contribution in [0.3, 0.4) is 0 Å². The number of hydrogen-bond acceptors (Lipinski definition) is 2. The van der Waals surface area contributed by atoms with Crippen molar-refractivity contribution >= 4 is 28.3 Å².